The van der Waals surface area contributed by atoms with E-state index in [1.165, 1.54) is 0 Å². The molecule has 0 saturated heterocycles. The van der Waals surface area contributed by atoms with Gasteiger partial charge in [-0.05, 0) is 0 Å². The average Bonchev–Trinajstić information content (AvgIpc) is 2.80. The first-order chi connectivity index (χ1) is 7.68. The van der Waals surface area contributed by atoms with E-state index in [0.29, 0.717) is 5.56 Å². The molecule has 0 amide bonds. The Bertz CT molecular complexity index is 484. The maximum absolute atomic E-state index is 12.0. The molecule has 2 rings (SSSR count). The van der Waals surface area contributed by atoms with Gasteiger partial charge in [0.15, 0.2) is 0 Å². The van der Waals surface area contributed by atoms with E-state index in [4.69, 9.17) is 0 Å². The number of carbonyl (C=O) groups excluding carboxylic acids is 1. The molecule has 1 aliphatic rings. The first-order valence-electron chi connectivity index (χ1n) is 5.22. The topological polar surface area (TPSA) is 37.3 Å². The molecule has 0 atom stereocenters. The molecule has 0 heterocycles. The smallest absolute Gasteiger partial charge is 0.147 e. The third kappa shape index (κ3) is 4.08. The van der Waals surface area contributed by atoms with Gasteiger partial charge in [0.05, 0.1) is 0 Å². The summed E-state index contributed by atoms with van der Waals surface area (Å²) in [7, 11) is 0. The number of allylic oxidation sites excluding steroid dienone is 4. The summed E-state index contributed by atoms with van der Waals surface area (Å²) in [6, 6.07) is 7.43. The van der Waals surface area contributed by atoms with Gasteiger partial charge in [-0.15, -0.1) is 24.8 Å². The summed E-state index contributed by atoms with van der Waals surface area (Å²) in [6.45, 7) is 1.95. The van der Waals surface area contributed by atoms with Gasteiger partial charge in [0, 0.05) is 0 Å². The molecule has 97 valence electrons. The van der Waals surface area contributed by atoms with Gasteiger partial charge in [-0.1, -0.05) is 0 Å². The quantitative estimate of drug-likeness (QED) is 0.867. The van der Waals surface area contributed by atoms with Crippen molar-refractivity contribution in [2.24, 2.45) is 0 Å². The first-order valence-corrected chi connectivity index (χ1v) is 7.48. The third-order valence-electron chi connectivity index (χ3n) is 2.57. The Labute approximate surface area is 126 Å². The number of rotatable bonds is 3. The second-order valence-electron chi connectivity index (χ2n) is 3.87. The number of aryl methyl sites for hydroxylation is 1. The summed E-state index contributed by atoms with van der Waals surface area (Å²) in [5.74, 6) is 0. The van der Waals surface area contributed by atoms with Crippen LogP contribution in [0.4, 0.5) is 0 Å². The fourth-order valence-electron chi connectivity index (χ4n) is 1.69. The van der Waals surface area contributed by atoms with Crippen molar-refractivity contribution in [1.82, 2.24) is 0 Å². The van der Waals surface area contributed by atoms with Crippen LogP contribution in [0.2, 0.25) is 0 Å². The van der Waals surface area contributed by atoms with Gasteiger partial charge in [0.2, 0.25) is 0 Å². The van der Waals surface area contributed by atoms with Crippen LogP contribution in [0.25, 0.3) is 0 Å². The Hall–Kier alpha value is -0.376. The first kappa shape index (κ1) is 17.6. The van der Waals surface area contributed by atoms with E-state index in [0.717, 1.165) is 15.9 Å². The van der Waals surface area contributed by atoms with E-state index < -0.39 is 18.3 Å². The molecule has 0 aliphatic heterocycles. The molecule has 1 aromatic carbocycles. The zero-order chi connectivity index (χ0) is 11.5. The number of carbonyl (C=O) groups is 1. The molecular formula is C13H15Cl2O2Ti. The summed E-state index contributed by atoms with van der Waals surface area (Å²) in [5.41, 5.74) is 1.70. The van der Waals surface area contributed by atoms with Crippen LogP contribution >= 0.6 is 24.8 Å². The Balaban J connectivity index is 0.00000144. The molecule has 18 heavy (non-hydrogen) atoms. The maximum atomic E-state index is 12.0. The van der Waals surface area contributed by atoms with E-state index in [1.54, 1.807) is 6.07 Å². The summed E-state index contributed by atoms with van der Waals surface area (Å²) >= 11 is -2.72. The minimum Gasteiger partial charge on any atom is -0.147 e. The largest absolute Gasteiger partial charge is 0.147 e. The second-order valence-corrected chi connectivity index (χ2v) is 6.67. The fourth-order valence-corrected chi connectivity index (χ4v) is 3.70. The molecule has 0 unspecified atom stereocenters. The van der Waals surface area contributed by atoms with Crippen molar-refractivity contribution in [2.75, 3.05) is 0 Å². The van der Waals surface area contributed by atoms with Crippen LogP contribution in [-0.2, 0) is 18.3 Å². The van der Waals surface area contributed by atoms with E-state index in [2.05, 4.69) is 0 Å². The number of halogens is 2. The van der Waals surface area contributed by atoms with Crippen LogP contribution in [0.15, 0.2) is 46.4 Å². The van der Waals surface area contributed by atoms with Crippen molar-refractivity contribution in [3.05, 3.63) is 57.5 Å². The van der Waals surface area contributed by atoms with Crippen LogP contribution in [-0.4, -0.2) is 7.78 Å². The molecular weight excluding hydrogens is 307 g/mol. The molecule has 0 radical (unpaired) electrons. The van der Waals surface area contributed by atoms with E-state index in [-0.39, 0.29) is 28.9 Å². The molecule has 2 nitrogen and oxygen atoms in total. The summed E-state index contributed by atoms with van der Waals surface area (Å²) in [4.78, 5) is 12.0. The minimum absolute atomic E-state index is 0. The summed E-state index contributed by atoms with van der Waals surface area (Å²) in [6.07, 6.45) is 6.50. The molecule has 1 N–H and O–H groups in total. The van der Waals surface area contributed by atoms with Gasteiger partial charge in [0.1, 0.15) is 0 Å². The number of hydrogen-bond acceptors (Lipinski definition) is 2. The standard InChI is InChI=1S/C8H7O.C5H5.2ClH.H2O.Ti/c1-7-3-2-4-8(5-7)6-9;1-2-4-5-3-1;;;;/h2-5H,1H3;1-3H,4H2;2*1H;1H2;/q;;;;;+1/p-1. The van der Waals surface area contributed by atoms with Gasteiger partial charge < -0.3 is 0 Å². The number of benzene rings is 1. The van der Waals surface area contributed by atoms with Crippen LogP contribution in [0.3, 0.4) is 0 Å². The van der Waals surface area contributed by atoms with Crippen LogP contribution in [0.5, 0.6) is 0 Å². The van der Waals surface area contributed by atoms with Crippen LogP contribution < -0.4 is 0 Å². The predicted molar refractivity (Wildman–Crippen MR) is 74.1 cm³/mol. The Morgan fingerprint density at radius 2 is 2.06 bits per heavy atom. The van der Waals surface area contributed by atoms with E-state index in [1.807, 2.05) is 43.4 Å². The van der Waals surface area contributed by atoms with E-state index in [9.17, 15) is 8.48 Å². The summed E-state index contributed by atoms with van der Waals surface area (Å²) in [5, 5.41) is 0. The molecule has 0 fully saturated rings. The molecule has 1 aromatic rings. The molecule has 5 heteroatoms. The summed E-state index contributed by atoms with van der Waals surface area (Å²) < 4.78 is 11.0. The van der Waals surface area contributed by atoms with Crippen molar-refractivity contribution >= 4 is 28.9 Å². The SMILES string of the molecule is Cc1cccc([C](=O)[Ti]([OH])[C]2=CC=CC2)c1.Cl.Cl. The zero-order valence-corrected chi connectivity index (χ0v) is 13.1. The van der Waals surface area contributed by atoms with Crippen molar-refractivity contribution in [3.63, 3.8) is 0 Å². The van der Waals surface area contributed by atoms with E-state index >= 15 is 0 Å². The van der Waals surface area contributed by atoms with Crippen molar-refractivity contribution < 1.29 is 26.7 Å². The van der Waals surface area contributed by atoms with Crippen molar-refractivity contribution in [3.8, 4) is 0 Å². The Morgan fingerprint density at radius 1 is 1.33 bits per heavy atom. The van der Waals surface area contributed by atoms with Crippen LogP contribution in [0, 0.1) is 6.92 Å². The molecule has 0 spiro atoms. The molecule has 0 bridgehead atoms. The average molecular weight is 322 g/mol. The van der Waals surface area contributed by atoms with Gasteiger partial charge in [-0.3, -0.25) is 0 Å². The number of hydrogen-bond donors (Lipinski definition) is 1. The minimum atomic E-state index is -2.72. The van der Waals surface area contributed by atoms with Gasteiger partial charge in [-0.2, -0.15) is 0 Å². The fraction of sp³-hybridized carbons (Fsp3) is 0.154. The monoisotopic (exact) mass is 321 g/mol. The maximum Gasteiger partial charge on any atom is -0.147 e. The van der Waals surface area contributed by atoms with Crippen molar-refractivity contribution in [1.29, 1.82) is 0 Å². The van der Waals surface area contributed by atoms with Gasteiger partial charge in [0.25, 0.3) is 0 Å². The third-order valence-corrected chi connectivity index (χ3v) is 5.22. The second kappa shape index (κ2) is 7.93. The van der Waals surface area contributed by atoms with Gasteiger partial charge in [-0.25, -0.2) is 0 Å². The normalized spacial score (nSPS) is 12.2. The van der Waals surface area contributed by atoms with Crippen molar-refractivity contribution in [2.45, 2.75) is 13.3 Å². The predicted octanol–water partition coefficient (Wildman–Crippen LogP) is 3.35. The molecule has 0 aromatic heterocycles. The zero-order valence-electron chi connectivity index (χ0n) is 9.92. The molecule has 0 saturated carbocycles. The van der Waals surface area contributed by atoms with Gasteiger partial charge >= 0.3 is 102 Å². The van der Waals surface area contributed by atoms with Crippen LogP contribution in [0.1, 0.15) is 22.3 Å². The Morgan fingerprint density at radius 3 is 2.61 bits per heavy atom. The molecule has 1 aliphatic carbocycles. The Kier molecular flexibility index (Phi) is 7.76.